The van der Waals surface area contributed by atoms with Crippen molar-refractivity contribution in [2.75, 3.05) is 17.7 Å². The Bertz CT molecular complexity index is 664. The lowest BCUT2D eigenvalue weighted by molar-refractivity contribution is 0.102. The highest BCUT2D eigenvalue weighted by atomic mass is 35.5. The van der Waals surface area contributed by atoms with E-state index >= 15 is 0 Å². The van der Waals surface area contributed by atoms with E-state index in [0.29, 0.717) is 5.82 Å². The fourth-order valence-electron chi connectivity index (χ4n) is 1.52. The molecule has 2 rings (SSSR count). The van der Waals surface area contributed by atoms with E-state index in [-0.39, 0.29) is 16.3 Å². The lowest BCUT2D eigenvalue weighted by atomic mass is 10.2. The minimum Gasteiger partial charge on any atom is -0.373 e. The Balaban J connectivity index is 2.25. The van der Waals surface area contributed by atoms with E-state index in [1.165, 1.54) is 18.3 Å². The van der Waals surface area contributed by atoms with Gasteiger partial charge >= 0.3 is 0 Å². The van der Waals surface area contributed by atoms with Gasteiger partial charge in [0.2, 0.25) is 0 Å². The fraction of sp³-hybridized carbons (Fsp3) is 0.0769. The molecule has 0 aliphatic heterocycles. The molecule has 0 unspecified atom stereocenters. The van der Waals surface area contributed by atoms with E-state index in [1.54, 1.807) is 7.05 Å². The molecule has 0 atom stereocenters. The highest BCUT2D eigenvalue weighted by molar-refractivity contribution is 6.34. The van der Waals surface area contributed by atoms with Gasteiger partial charge in [0.1, 0.15) is 5.82 Å². The van der Waals surface area contributed by atoms with Crippen molar-refractivity contribution < 1.29 is 13.6 Å². The van der Waals surface area contributed by atoms with Crippen molar-refractivity contribution in [3.63, 3.8) is 0 Å². The van der Waals surface area contributed by atoms with E-state index in [2.05, 4.69) is 15.6 Å². The number of carbonyl (C=O) groups is 1. The molecular formula is C13H10ClF2N3O. The van der Waals surface area contributed by atoms with Crippen LogP contribution in [0.2, 0.25) is 5.02 Å². The normalized spacial score (nSPS) is 10.2. The van der Waals surface area contributed by atoms with Gasteiger partial charge < -0.3 is 10.6 Å². The number of carbonyl (C=O) groups excluding carboxylic acids is 1. The molecule has 0 bridgehead atoms. The van der Waals surface area contributed by atoms with Crippen LogP contribution in [0.15, 0.2) is 30.5 Å². The molecule has 2 aromatic rings. The third-order valence-corrected chi connectivity index (χ3v) is 2.83. The highest BCUT2D eigenvalue weighted by Gasteiger charge is 2.13. The van der Waals surface area contributed by atoms with E-state index < -0.39 is 17.5 Å². The zero-order chi connectivity index (χ0) is 14.7. The van der Waals surface area contributed by atoms with Gasteiger partial charge in [-0.25, -0.2) is 13.8 Å². The molecule has 0 fully saturated rings. The summed E-state index contributed by atoms with van der Waals surface area (Å²) in [4.78, 5) is 16.0. The van der Waals surface area contributed by atoms with Crippen molar-refractivity contribution in [2.45, 2.75) is 0 Å². The maximum absolute atomic E-state index is 13.1. The number of rotatable bonds is 3. The van der Waals surface area contributed by atoms with Gasteiger partial charge in [0.25, 0.3) is 5.91 Å². The molecule has 0 saturated heterocycles. The predicted octanol–water partition coefficient (Wildman–Crippen LogP) is 3.31. The fourth-order valence-corrected chi connectivity index (χ4v) is 1.71. The molecular weight excluding hydrogens is 288 g/mol. The van der Waals surface area contributed by atoms with Crippen LogP contribution in [0.5, 0.6) is 0 Å². The van der Waals surface area contributed by atoms with Crippen molar-refractivity contribution in [3.8, 4) is 0 Å². The van der Waals surface area contributed by atoms with E-state index in [9.17, 15) is 13.6 Å². The molecule has 1 heterocycles. The summed E-state index contributed by atoms with van der Waals surface area (Å²) >= 11 is 5.89. The average Bonchev–Trinajstić information content (AvgIpc) is 2.43. The lowest BCUT2D eigenvalue weighted by Gasteiger charge is -2.08. The second kappa shape index (κ2) is 5.83. The van der Waals surface area contributed by atoms with Crippen molar-refractivity contribution in [1.29, 1.82) is 0 Å². The number of nitrogens with one attached hydrogen (secondary N) is 2. The molecule has 2 N–H and O–H groups in total. The van der Waals surface area contributed by atoms with E-state index in [0.717, 1.165) is 12.1 Å². The number of halogens is 3. The molecule has 0 spiro atoms. The Morgan fingerprint density at radius 2 is 2.00 bits per heavy atom. The van der Waals surface area contributed by atoms with Gasteiger partial charge in [-0.15, -0.1) is 0 Å². The number of amides is 1. The van der Waals surface area contributed by atoms with Gasteiger partial charge in [0.05, 0.1) is 10.6 Å². The first-order chi connectivity index (χ1) is 9.51. The first kappa shape index (κ1) is 14.2. The Morgan fingerprint density at radius 1 is 1.25 bits per heavy atom. The minimum absolute atomic E-state index is 0.132. The van der Waals surface area contributed by atoms with Gasteiger partial charge in [-0.05, 0) is 18.2 Å². The Morgan fingerprint density at radius 3 is 2.65 bits per heavy atom. The summed E-state index contributed by atoms with van der Waals surface area (Å²) in [5.41, 5.74) is 0.309. The summed E-state index contributed by atoms with van der Waals surface area (Å²) in [6.07, 6.45) is 1.33. The molecule has 0 aliphatic rings. The zero-order valence-electron chi connectivity index (χ0n) is 10.4. The number of benzene rings is 1. The van der Waals surface area contributed by atoms with Crippen molar-refractivity contribution in [3.05, 3.63) is 52.7 Å². The largest absolute Gasteiger partial charge is 0.373 e. The number of aromatic nitrogens is 1. The second-order valence-corrected chi connectivity index (χ2v) is 4.29. The summed E-state index contributed by atoms with van der Waals surface area (Å²) in [6, 6.07) is 4.53. The van der Waals surface area contributed by atoms with Crippen molar-refractivity contribution in [2.24, 2.45) is 0 Å². The smallest absolute Gasteiger partial charge is 0.257 e. The number of hydrogen-bond acceptors (Lipinski definition) is 3. The van der Waals surface area contributed by atoms with E-state index in [1.807, 2.05) is 0 Å². The quantitative estimate of drug-likeness (QED) is 0.914. The Kier molecular flexibility index (Phi) is 4.14. The third-order valence-electron chi connectivity index (χ3n) is 2.53. The molecule has 20 heavy (non-hydrogen) atoms. The number of nitrogens with zero attached hydrogens (tertiary/aromatic N) is 1. The maximum atomic E-state index is 13.1. The molecule has 0 radical (unpaired) electrons. The molecule has 1 aromatic heterocycles. The van der Waals surface area contributed by atoms with Crippen LogP contribution in [0.1, 0.15) is 10.4 Å². The minimum atomic E-state index is -1.04. The Hall–Kier alpha value is -2.21. The van der Waals surface area contributed by atoms with E-state index in [4.69, 9.17) is 11.6 Å². The van der Waals surface area contributed by atoms with Gasteiger partial charge in [0, 0.05) is 25.0 Å². The van der Waals surface area contributed by atoms with Crippen LogP contribution >= 0.6 is 11.6 Å². The molecule has 7 heteroatoms. The topological polar surface area (TPSA) is 54.0 Å². The third kappa shape index (κ3) is 3.03. The van der Waals surface area contributed by atoms with Crippen molar-refractivity contribution >= 4 is 29.0 Å². The van der Waals surface area contributed by atoms with Gasteiger partial charge in [-0.3, -0.25) is 4.79 Å². The summed E-state index contributed by atoms with van der Waals surface area (Å²) < 4.78 is 25.9. The van der Waals surface area contributed by atoms with Gasteiger partial charge in [0.15, 0.2) is 11.6 Å². The monoisotopic (exact) mass is 297 g/mol. The molecule has 1 aromatic carbocycles. The summed E-state index contributed by atoms with van der Waals surface area (Å²) in [5.74, 6) is -2.10. The molecule has 0 saturated carbocycles. The van der Waals surface area contributed by atoms with Crippen LogP contribution in [-0.4, -0.2) is 17.9 Å². The van der Waals surface area contributed by atoms with Crippen LogP contribution in [0, 0.1) is 11.6 Å². The molecule has 1 amide bonds. The zero-order valence-corrected chi connectivity index (χ0v) is 11.1. The number of pyridine rings is 1. The maximum Gasteiger partial charge on any atom is 0.257 e. The van der Waals surface area contributed by atoms with Crippen LogP contribution in [-0.2, 0) is 0 Å². The molecule has 4 nitrogen and oxygen atoms in total. The van der Waals surface area contributed by atoms with Gasteiger partial charge in [-0.2, -0.15) is 0 Å². The number of hydrogen-bond donors (Lipinski definition) is 2. The lowest BCUT2D eigenvalue weighted by Crippen LogP contribution is -2.13. The first-order valence-electron chi connectivity index (χ1n) is 5.61. The van der Waals surface area contributed by atoms with Crippen LogP contribution in [0.4, 0.5) is 20.3 Å². The summed E-state index contributed by atoms with van der Waals surface area (Å²) in [5, 5.41) is 5.36. The number of anilines is 2. The highest BCUT2D eigenvalue weighted by Crippen LogP contribution is 2.20. The standard InChI is InChI=1S/C13H10ClF2N3O/c1-17-12-5-8(9(14)6-18-12)13(20)19-7-2-3-10(15)11(16)4-7/h2-6H,1H3,(H,17,18)(H,19,20). The average molecular weight is 298 g/mol. The molecule has 0 aliphatic carbocycles. The van der Waals surface area contributed by atoms with Crippen LogP contribution in [0.25, 0.3) is 0 Å². The summed E-state index contributed by atoms with van der Waals surface area (Å²) in [7, 11) is 1.65. The van der Waals surface area contributed by atoms with Gasteiger partial charge in [-0.1, -0.05) is 11.6 Å². The summed E-state index contributed by atoms with van der Waals surface area (Å²) in [6.45, 7) is 0. The SMILES string of the molecule is CNc1cc(C(=O)Nc2ccc(F)c(F)c2)c(Cl)cn1. The van der Waals surface area contributed by atoms with Crippen LogP contribution in [0.3, 0.4) is 0 Å². The first-order valence-corrected chi connectivity index (χ1v) is 5.98. The van der Waals surface area contributed by atoms with Crippen LogP contribution < -0.4 is 10.6 Å². The predicted molar refractivity (Wildman–Crippen MR) is 73.1 cm³/mol. The molecule has 104 valence electrons. The second-order valence-electron chi connectivity index (χ2n) is 3.88. The Labute approximate surface area is 118 Å². The van der Waals surface area contributed by atoms with Crippen molar-refractivity contribution in [1.82, 2.24) is 4.98 Å².